The molecule has 1 aliphatic carbocycles. The van der Waals surface area contributed by atoms with Gasteiger partial charge in [0.15, 0.2) is 0 Å². The molecule has 48 heavy (non-hydrogen) atoms. The predicted molar refractivity (Wildman–Crippen MR) is 196 cm³/mol. The van der Waals surface area contributed by atoms with Crippen molar-refractivity contribution in [1.29, 1.82) is 0 Å². The minimum absolute atomic E-state index is 0.134. The van der Waals surface area contributed by atoms with Crippen molar-refractivity contribution < 1.29 is 19.1 Å². The normalized spacial score (nSPS) is 14.5. The van der Waals surface area contributed by atoms with E-state index >= 15 is 0 Å². The summed E-state index contributed by atoms with van der Waals surface area (Å²) < 4.78 is 11.1. The first-order valence-electron chi connectivity index (χ1n) is 18.1. The molecule has 0 unspecified atom stereocenters. The Morgan fingerprint density at radius 3 is 1.33 bits per heavy atom. The number of rotatable bonds is 24. The minimum atomic E-state index is -0.134. The number of carbonyl (C=O) groups is 2. The van der Waals surface area contributed by atoms with Crippen LogP contribution in [-0.2, 0) is 9.59 Å². The molecule has 2 atom stereocenters. The van der Waals surface area contributed by atoms with Crippen LogP contribution >= 0.6 is 0 Å². The average molecular weight is 661 g/mol. The number of benzene rings is 2. The average Bonchev–Trinajstić information content (AvgIpc) is 3.11. The number of carbonyl (C=O) groups excluding carboxylic acids is 2. The minimum Gasteiger partial charge on any atom is -0.496 e. The third kappa shape index (κ3) is 11.8. The van der Waals surface area contributed by atoms with E-state index in [0.717, 1.165) is 89.0 Å². The van der Waals surface area contributed by atoms with Crippen molar-refractivity contribution in [2.45, 2.75) is 91.1 Å². The molecule has 264 valence electrons. The Bertz CT molecular complexity index is 1240. The van der Waals surface area contributed by atoms with E-state index in [2.05, 4.69) is 72.4 Å². The van der Waals surface area contributed by atoms with Gasteiger partial charge in [-0.25, -0.2) is 0 Å². The number of nitrogens with zero attached hydrogens (tertiary/aromatic N) is 2. The highest BCUT2D eigenvalue weighted by Crippen LogP contribution is 2.30. The zero-order valence-corrected chi connectivity index (χ0v) is 30.4. The number of unbranched alkanes of at least 4 members (excludes halogenated alkanes) is 6. The highest BCUT2D eigenvalue weighted by atomic mass is 16.5. The molecule has 2 N–H and O–H groups in total. The zero-order valence-electron chi connectivity index (χ0n) is 30.4. The summed E-state index contributed by atoms with van der Waals surface area (Å²) >= 11 is 0. The fourth-order valence-electron chi connectivity index (χ4n) is 6.54. The van der Waals surface area contributed by atoms with Gasteiger partial charge in [0, 0.05) is 48.5 Å². The van der Waals surface area contributed by atoms with E-state index < -0.39 is 0 Å². The molecule has 2 aromatic carbocycles. The maximum absolute atomic E-state index is 12.7. The molecule has 2 aromatic rings. The Morgan fingerprint density at radius 2 is 0.958 bits per heavy atom. The molecule has 0 heterocycles. The van der Waals surface area contributed by atoms with Gasteiger partial charge in [-0.3, -0.25) is 19.4 Å². The number of hydrogen-bond donors (Lipinski definition) is 2. The molecular formula is C40H60N4O4. The fourth-order valence-corrected chi connectivity index (χ4v) is 6.54. The van der Waals surface area contributed by atoms with E-state index in [9.17, 15) is 9.59 Å². The van der Waals surface area contributed by atoms with Crippen molar-refractivity contribution in [3.8, 4) is 11.5 Å². The van der Waals surface area contributed by atoms with Crippen LogP contribution in [0.25, 0.3) is 0 Å². The molecule has 0 amide bonds. The Kier molecular flexibility index (Phi) is 17.3. The first-order chi connectivity index (χ1) is 23.3. The molecule has 1 aliphatic rings. The van der Waals surface area contributed by atoms with Crippen molar-refractivity contribution in [3.05, 3.63) is 83.2 Å². The lowest BCUT2D eigenvalue weighted by molar-refractivity contribution is -0.115. The first kappa shape index (κ1) is 38.8. The molecule has 0 saturated carbocycles. The van der Waals surface area contributed by atoms with Gasteiger partial charge in [0.25, 0.3) is 0 Å². The number of allylic oxidation sites excluding steroid dienone is 2. The zero-order chi connectivity index (χ0) is 34.7. The molecule has 0 aliphatic heterocycles. The molecule has 0 radical (unpaired) electrons. The van der Waals surface area contributed by atoms with E-state index in [1.54, 1.807) is 14.2 Å². The molecule has 0 aromatic heterocycles. The Hall–Kier alpha value is -3.62. The van der Waals surface area contributed by atoms with Gasteiger partial charge in [0.2, 0.25) is 11.6 Å². The van der Waals surface area contributed by atoms with E-state index in [1.807, 2.05) is 24.3 Å². The van der Waals surface area contributed by atoms with Gasteiger partial charge in [-0.1, -0.05) is 75.9 Å². The molecule has 0 saturated heterocycles. The maximum atomic E-state index is 12.7. The summed E-state index contributed by atoms with van der Waals surface area (Å²) in [7, 11) is 3.46. The number of methoxy groups -OCH3 is 2. The van der Waals surface area contributed by atoms with Crippen molar-refractivity contribution in [1.82, 2.24) is 20.4 Å². The largest absolute Gasteiger partial charge is 0.496 e. The second-order valence-corrected chi connectivity index (χ2v) is 12.6. The number of ether oxygens (including phenoxy) is 2. The molecule has 8 heteroatoms. The number of ketones is 2. The Balaban J connectivity index is 1.27. The van der Waals surface area contributed by atoms with Crippen molar-refractivity contribution in [3.63, 3.8) is 0 Å². The highest BCUT2D eigenvalue weighted by molar-refractivity contribution is 6.19. The summed E-state index contributed by atoms with van der Waals surface area (Å²) in [5.41, 5.74) is 3.24. The summed E-state index contributed by atoms with van der Waals surface area (Å²) in [5, 5.41) is 6.40. The number of para-hydroxylation sites is 2. The molecule has 8 nitrogen and oxygen atoms in total. The highest BCUT2D eigenvalue weighted by Gasteiger charge is 2.21. The lowest BCUT2D eigenvalue weighted by Gasteiger charge is -2.29. The lowest BCUT2D eigenvalue weighted by Crippen LogP contribution is -2.30. The SMILES string of the molecule is CCN(CCCCCCNC1=CC(=O)C(NCCCCCCN(CC)[C@@H](C)c2ccccc2OC)=CC1=O)[C@@H](C)c1ccccc1OC. The molecular weight excluding hydrogens is 600 g/mol. The fraction of sp³-hybridized carbons (Fsp3) is 0.550. The molecule has 0 bridgehead atoms. The Labute approximate surface area is 289 Å². The summed E-state index contributed by atoms with van der Waals surface area (Å²) in [6.45, 7) is 14.3. The smallest absolute Gasteiger partial charge is 0.203 e. The quantitative estimate of drug-likeness (QED) is 0.0892. The Morgan fingerprint density at radius 1 is 0.583 bits per heavy atom. The number of nitrogens with one attached hydrogen (secondary N) is 2. The molecule has 3 rings (SSSR count). The predicted octanol–water partition coefficient (Wildman–Crippen LogP) is 7.39. The second-order valence-electron chi connectivity index (χ2n) is 12.6. The third-order valence-electron chi connectivity index (χ3n) is 9.54. The van der Waals surface area contributed by atoms with Crippen LogP contribution in [-0.4, -0.2) is 74.9 Å². The summed E-state index contributed by atoms with van der Waals surface area (Å²) in [5.74, 6) is 1.61. The standard InChI is InChI=1S/C40H60N4O4/c1-7-43(31(3)33-21-13-15-23-39(33)47-5)27-19-11-9-17-25-41-35-29-38(46)36(30-37(35)45)42-26-18-10-12-20-28-44(8-2)32(4)34-22-14-16-24-40(34)48-6/h13-16,21-24,29-32,41-42H,7-12,17-20,25-28H2,1-6H3/t31-,32-/m0/s1. The van der Waals surface area contributed by atoms with Crippen LogP contribution in [0.3, 0.4) is 0 Å². The molecule has 0 fully saturated rings. The van der Waals surface area contributed by atoms with Gasteiger partial charge >= 0.3 is 0 Å². The summed E-state index contributed by atoms with van der Waals surface area (Å²) in [4.78, 5) is 30.3. The maximum Gasteiger partial charge on any atom is 0.203 e. The molecule has 0 spiro atoms. The number of hydrogen-bond acceptors (Lipinski definition) is 8. The summed E-state index contributed by atoms with van der Waals surface area (Å²) in [6.07, 6.45) is 11.4. The van der Waals surface area contributed by atoms with Crippen LogP contribution in [0.2, 0.25) is 0 Å². The summed E-state index contributed by atoms with van der Waals surface area (Å²) in [6, 6.07) is 17.1. The van der Waals surface area contributed by atoms with Gasteiger partial charge in [-0.15, -0.1) is 0 Å². The van der Waals surface area contributed by atoms with Crippen LogP contribution in [0.4, 0.5) is 0 Å². The van der Waals surface area contributed by atoms with Crippen LogP contribution in [0.15, 0.2) is 72.1 Å². The van der Waals surface area contributed by atoms with E-state index in [-0.39, 0.29) is 11.6 Å². The topological polar surface area (TPSA) is 83.1 Å². The van der Waals surface area contributed by atoms with Crippen molar-refractivity contribution >= 4 is 11.6 Å². The van der Waals surface area contributed by atoms with Gasteiger partial charge in [-0.2, -0.15) is 0 Å². The van der Waals surface area contributed by atoms with Gasteiger partial charge < -0.3 is 20.1 Å². The van der Waals surface area contributed by atoms with Crippen molar-refractivity contribution in [2.75, 3.05) is 53.5 Å². The monoisotopic (exact) mass is 660 g/mol. The van der Waals surface area contributed by atoms with Gasteiger partial charge in [0.1, 0.15) is 11.5 Å². The van der Waals surface area contributed by atoms with Crippen LogP contribution in [0.5, 0.6) is 11.5 Å². The van der Waals surface area contributed by atoms with Crippen LogP contribution in [0, 0.1) is 0 Å². The van der Waals surface area contributed by atoms with Crippen LogP contribution < -0.4 is 20.1 Å². The van der Waals surface area contributed by atoms with E-state index in [1.165, 1.54) is 23.3 Å². The second kappa shape index (κ2) is 21.4. The first-order valence-corrected chi connectivity index (χ1v) is 18.1. The van der Waals surface area contributed by atoms with E-state index in [4.69, 9.17) is 9.47 Å². The van der Waals surface area contributed by atoms with E-state index in [0.29, 0.717) is 36.6 Å². The van der Waals surface area contributed by atoms with Crippen LogP contribution in [0.1, 0.15) is 102 Å². The lowest BCUT2D eigenvalue weighted by atomic mass is 10.0. The van der Waals surface area contributed by atoms with Gasteiger partial charge in [0.05, 0.1) is 25.6 Å². The third-order valence-corrected chi connectivity index (χ3v) is 9.54. The van der Waals surface area contributed by atoms with Gasteiger partial charge in [-0.05, 0) is 77.8 Å². The van der Waals surface area contributed by atoms with Crippen molar-refractivity contribution in [2.24, 2.45) is 0 Å².